The van der Waals surface area contributed by atoms with Crippen LogP contribution in [0.5, 0.6) is 0 Å². The minimum Gasteiger partial charge on any atom is -0.300 e. The van der Waals surface area contributed by atoms with Gasteiger partial charge >= 0.3 is 0 Å². The Morgan fingerprint density at radius 3 is 1.90 bits per heavy atom. The third-order valence-electron chi connectivity index (χ3n) is 4.12. The van der Waals surface area contributed by atoms with Crippen LogP contribution >= 0.6 is 15.9 Å². The SMILES string of the molecule is CC(C)N(C)Cc1cc(C(C)(C)C)cc(C(C)(C)C)c1Br. The van der Waals surface area contributed by atoms with E-state index < -0.39 is 0 Å². The molecule has 1 rings (SSSR count). The Balaban J connectivity index is 3.42. The lowest BCUT2D eigenvalue weighted by Crippen LogP contribution is -2.27. The molecule has 0 unspecified atom stereocenters. The van der Waals surface area contributed by atoms with Crippen molar-refractivity contribution in [3.8, 4) is 0 Å². The van der Waals surface area contributed by atoms with E-state index in [1.54, 1.807) is 0 Å². The topological polar surface area (TPSA) is 3.24 Å². The van der Waals surface area contributed by atoms with Crippen LogP contribution in [0.2, 0.25) is 0 Å². The Hall–Kier alpha value is -0.340. The molecule has 0 aliphatic rings. The summed E-state index contributed by atoms with van der Waals surface area (Å²) in [5, 5.41) is 0. The van der Waals surface area contributed by atoms with Gasteiger partial charge in [0, 0.05) is 17.1 Å². The van der Waals surface area contributed by atoms with Gasteiger partial charge in [0.05, 0.1) is 0 Å². The molecule has 1 aromatic rings. The van der Waals surface area contributed by atoms with Crippen molar-refractivity contribution < 1.29 is 0 Å². The first-order valence-corrected chi connectivity index (χ1v) is 8.67. The van der Waals surface area contributed by atoms with Gasteiger partial charge in [-0.2, -0.15) is 0 Å². The van der Waals surface area contributed by atoms with E-state index in [1.807, 2.05) is 0 Å². The average Bonchev–Trinajstić information content (AvgIpc) is 2.28. The molecule has 0 saturated heterocycles. The van der Waals surface area contributed by atoms with Crippen LogP contribution in [0.15, 0.2) is 16.6 Å². The maximum absolute atomic E-state index is 3.87. The van der Waals surface area contributed by atoms with Gasteiger partial charge in [-0.1, -0.05) is 69.6 Å². The van der Waals surface area contributed by atoms with Crippen molar-refractivity contribution >= 4 is 15.9 Å². The Kier molecular flexibility index (Phi) is 5.72. The van der Waals surface area contributed by atoms with Crippen LogP contribution in [0.25, 0.3) is 0 Å². The van der Waals surface area contributed by atoms with E-state index in [9.17, 15) is 0 Å². The van der Waals surface area contributed by atoms with Gasteiger partial charge in [0.1, 0.15) is 0 Å². The smallest absolute Gasteiger partial charge is 0.0257 e. The van der Waals surface area contributed by atoms with E-state index in [4.69, 9.17) is 0 Å². The number of halogens is 1. The van der Waals surface area contributed by atoms with Crippen LogP contribution in [-0.2, 0) is 17.4 Å². The minimum absolute atomic E-state index is 0.144. The molecule has 0 N–H and O–H groups in total. The van der Waals surface area contributed by atoms with Crippen molar-refractivity contribution in [2.45, 2.75) is 78.8 Å². The molecular weight excluding hydrogens is 322 g/mol. The van der Waals surface area contributed by atoms with Gasteiger partial charge in [-0.25, -0.2) is 0 Å². The fraction of sp³-hybridized carbons (Fsp3) is 0.684. The molecule has 21 heavy (non-hydrogen) atoms. The lowest BCUT2D eigenvalue weighted by atomic mass is 9.79. The summed E-state index contributed by atoms with van der Waals surface area (Å²) in [5.74, 6) is 0. The number of rotatable bonds is 3. The monoisotopic (exact) mass is 353 g/mol. The molecule has 0 aliphatic carbocycles. The molecule has 0 spiro atoms. The Labute approximate surface area is 140 Å². The Bertz CT molecular complexity index is 490. The minimum atomic E-state index is 0.144. The van der Waals surface area contributed by atoms with Crippen LogP contribution in [0.4, 0.5) is 0 Å². The molecule has 120 valence electrons. The number of hydrogen-bond donors (Lipinski definition) is 0. The summed E-state index contributed by atoms with van der Waals surface area (Å²) in [4.78, 5) is 2.39. The fourth-order valence-corrected chi connectivity index (χ4v) is 3.18. The zero-order valence-electron chi connectivity index (χ0n) is 15.3. The molecule has 0 amide bonds. The van der Waals surface area contributed by atoms with Crippen LogP contribution in [0, 0.1) is 0 Å². The van der Waals surface area contributed by atoms with Gasteiger partial charge in [0.15, 0.2) is 0 Å². The molecule has 0 atom stereocenters. The van der Waals surface area contributed by atoms with E-state index in [2.05, 4.69) is 95.4 Å². The Morgan fingerprint density at radius 2 is 1.52 bits per heavy atom. The lowest BCUT2D eigenvalue weighted by molar-refractivity contribution is 0.265. The van der Waals surface area contributed by atoms with Crippen LogP contribution in [0.1, 0.15) is 72.1 Å². The highest BCUT2D eigenvalue weighted by Crippen LogP contribution is 2.37. The highest BCUT2D eigenvalue weighted by molar-refractivity contribution is 9.10. The first-order valence-electron chi connectivity index (χ1n) is 7.87. The van der Waals surface area contributed by atoms with Crippen molar-refractivity contribution in [2.24, 2.45) is 0 Å². The lowest BCUT2D eigenvalue weighted by Gasteiger charge is -2.30. The predicted octanol–water partition coefficient (Wildman–Crippen LogP) is 5.88. The molecule has 0 saturated carbocycles. The summed E-state index contributed by atoms with van der Waals surface area (Å²) in [6.07, 6.45) is 0. The van der Waals surface area contributed by atoms with Crippen molar-refractivity contribution in [1.82, 2.24) is 4.90 Å². The van der Waals surface area contributed by atoms with E-state index >= 15 is 0 Å². The van der Waals surface area contributed by atoms with Crippen molar-refractivity contribution in [1.29, 1.82) is 0 Å². The average molecular weight is 354 g/mol. The zero-order chi connectivity index (χ0) is 16.6. The van der Waals surface area contributed by atoms with Crippen molar-refractivity contribution in [3.05, 3.63) is 33.3 Å². The standard InChI is InChI=1S/C19H32BrN/c1-13(2)21(9)12-14-10-15(18(3,4)5)11-16(17(14)20)19(6,7)8/h10-11,13H,12H2,1-9H3. The first kappa shape index (κ1) is 18.7. The third kappa shape index (κ3) is 4.82. The molecule has 1 aromatic carbocycles. The molecule has 0 aliphatic heterocycles. The number of hydrogen-bond acceptors (Lipinski definition) is 1. The van der Waals surface area contributed by atoms with Crippen molar-refractivity contribution in [3.63, 3.8) is 0 Å². The molecule has 0 heterocycles. The highest BCUT2D eigenvalue weighted by atomic mass is 79.9. The second-order valence-corrected chi connectivity index (χ2v) is 9.30. The largest absolute Gasteiger partial charge is 0.300 e. The Morgan fingerprint density at radius 1 is 1.00 bits per heavy atom. The molecule has 0 fully saturated rings. The normalized spacial score (nSPS) is 13.3. The molecular formula is C19H32BrN. The highest BCUT2D eigenvalue weighted by Gasteiger charge is 2.24. The van der Waals surface area contributed by atoms with E-state index in [-0.39, 0.29) is 10.8 Å². The van der Waals surface area contributed by atoms with E-state index in [0.29, 0.717) is 6.04 Å². The van der Waals surface area contributed by atoms with E-state index in [0.717, 1.165) is 6.54 Å². The summed E-state index contributed by atoms with van der Waals surface area (Å²) in [5.41, 5.74) is 4.53. The van der Waals surface area contributed by atoms with Crippen molar-refractivity contribution in [2.75, 3.05) is 7.05 Å². The summed E-state index contributed by atoms with van der Waals surface area (Å²) in [6, 6.07) is 5.30. The van der Waals surface area contributed by atoms with Gasteiger partial charge in [0.2, 0.25) is 0 Å². The van der Waals surface area contributed by atoms with Crippen LogP contribution < -0.4 is 0 Å². The van der Waals surface area contributed by atoms with Crippen LogP contribution in [-0.4, -0.2) is 18.0 Å². The zero-order valence-corrected chi connectivity index (χ0v) is 16.9. The third-order valence-corrected chi connectivity index (χ3v) is 5.06. The molecule has 0 aromatic heterocycles. The summed E-state index contributed by atoms with van der Waals surface area (Å²) in [7, 11) is 2.19. The fourth-order valence-electron chi connectivity index (χ4n) is 2.23. The van der Waals surface area contributed by atoms with Gasteiger partial charge in [-0.05, 0) is 48.4 Å². The molecule has 1 nitrogen and oxygen atoms in total. The number of benzene rings is 1. The summed E-state index contributed by atoms with van der Waals surface area (Å²) >= 11 is 3.87. The van der Waals surface area contributed by atoms with Gasteiger partial charge < -0.3 is 0 Å². The molecule has 0 radical (unpaired) electrons. The number of nitrogens with zero attached hydrogens (tertiary/aromatic N) is 1. The second-order valence-electron chi connectivity index (χ2n) is 8.51. The maximum Gasteiger partial charge on any atom is 0.0257 e. The predicted molar refractivity (Wildman–Crippen MR) is 98.1 cm³/mol. The summed E-state index contributed by atoms with van der Waals surface area (Å²) in [6.45, 7) is 19.2. The summed E-state index contributed by atoms with van der Waals surface area (Å²) < 4.78 is 1.27. The van der Waals surface area contributed by atoms with Gasteiger partial charge in [-0.15, -0.1) is 0 Å². The first-order chi connectivity index (χ1) is 9.34. The van der Waals surface area contributed by atoms with Gasteiger partial charge in [0.25, 0.3) is 0 Å². The quantitative estimate of drug-likeness (QED) is 0.655. The second kappa shape index (κ2) is 6.42. The van der Waals surface area contributed by atoms with Gasteiger partial charge in [-0.3, -0.25) is 4.90 Å². The molecule has 0 bridgehead atoms. The molecule has 2 heteroatoms. The van der Waals surface area contributed by atoms with Crippen LogP contribution in [0.3, 0.4) is 0 Å². The maximum atomic E-state index is 3.87. The van der Waals surface area contributed by atoms with E-state index in [1.165, 1.54) is 21.2 Å².